The summed E-state index contributed by atoms with van der Waals surface area (Å²) in [5.74, 6) is -0.569. The Morgan fingerprint density at radius 2 is 1.52 bits per heavy atom. The third-order valence-corrected chi connectivity index (χ3v) is 5.87. The van der Waals surface area contributed by atoms with E-state index in [0.717, 1.165) is 16.9 Å². The summed E-state index contributed by atoms with van der Waals surface area (Å²) in [6.45, 7) is 0. The maximum absolute atomic E-state index is 13.3. The molecule has 6 heteroatoms. The molecule has 0 atom stereocenters. The Labute approximate surface area is 194 Å². The van der Waals surface area contributed by atoms with Gasteiger partial charge in [-0.05, 0) is 35.9 Å². The number of benzene rings is 3. The zero-order valence-corrected chi connectivity index (χ0v) is 18.3. The molecule has 0 aliphatic rings. The Balaban J connectivity index is 1.87. The maximum atomic E-state index is 13.3. The van der Waals surface area contributed by atoms with Crippen LogP contribution in [0.4, 0.5) is 5.69 Å². The molecule has 4 aromatic rings. The normalized spacial score (nSPS) is 12.4. The summed E-state index contributed by atoms with van der Waals surface area (Å²) < 4.78 is 2.11. The summed E-state index contributed by atoms with van der Waals surface area (Å²) in [4.78, 5) is 26.2. The van der Waals surface area contributed by atoms with E-state index < -0.39 is 5.91 Å². The van der Waals surface area contributed by atoms with Gasteiger partial charge in [-0.15, -0.1) is 11.3 Å². The monoisotopic (exact) mass is 449 g/mol. The van der Waals surface area contributed by atoms with Crippen LogP contribution in [-0.2, 0) is 4.79 Å². The van der Waals surface area contributed by atoms with Crippen molar-refractivity contribution in [2.45, 2.75) is 0 Å². The van der Waals surface area contributed by atoms with Crippen molar-refractivity contribution in [3.63, 3.8) is 0 Å². The molecular formula is C27H19N3O2S. The summed E-state index contributed by atoms with van der Waals surface area (Å²) in [6, 6.07) is 29.6. The number of amides is 1. The van der Waals surface area contributed by atoms with Crippen molar-refractivity contribution in [1.82, 2.24) is 4.57 Å². The number of carbonyl (C=O) groups excluding carboxylic acids is 1. The van der Waals surface area contributed by atoms with Crippen molar-refractivity contribution in [2.24, 2.45) is 0 Å². The van der Waals surface area contributed by atoms with Crippen LogP contribution in [0.3, 0.4) is 0 Å². The molecule has 0 radical (unpaired) electrons. The molecule has 1 aromatic heterocycles. The molecule has 0 saturated heterocycles. The van der Waals surface area contributed by atoms with E-state index in [9.17, 15) is 14.9 Å². The first kappa shape index (κ1) is 21.8. The lowest BCUT2D eigenvalue weighted by molar-refractivity contribution is -0.111. The molecule has 0 aliphatic heterocycles. The Hall–Kier alpha value is -4.47. The van der Waals surface area contributed by atoms with Crippen molar-refractivity contribution in [2.75, 3.05) is 5.32 Å². The second-order valence-corrected chi connectivity index (χ2v) is 8.02. The van der Waals surface area contributed by atoms with Crippen LogP contribution in [0, 0.1) is 11.3 Å². The second kappa shape index (κ2) is 10.2. The summed E-state index contributed by atoms with van der Waals surface area (Å²) in [5, 5.41) is 12.6. The van der Waals surface area contributed by atoms with Gasteiger partial charge < -0.3 is 5.32 Å². The average Bonchev–Trinajstić information content (AvgIpc) is 3.17. The summed E-state index contributed by atoms with van der Waals surface area (Å²) in [7, 11) is 0. The van der Waals surface area contributed by atoms with Gasteiger partial charge in [0.05, 0.1) is 10.2 Å². The molecule has 0 aliphatic carbocycles. The lowest BCUT2D eigenvalue weighted by atomic mass is 10.2. The highest BCUT2D eigenvalue weighted by Gasteiger charge is 2.17. The third kappa shape index (κ3) is 5.06. The summed E-state index contributed by atoms with van der Waals surface area (Å²) in [5.41, 5.74) is 1.73. The van der Waals surface area contributed by atoms with Gasteiger partial charge in [-0.25, -0.2) is 0 Å². The number of nitriles is 1. The van der Waals surface area contributed by atoms with Crippen LogP contribution >= 0.6 is 11.3 Å². The van der Waals surface area contributed by atoms with E-state index in [-0.39, 0.29) is 15.8 Å². The number of carbonyl (C=O) groups is 1. The molecule has 1 N–H and O–H groups in total. The lowest BCUT2D eigenvalue weighted by Crippen LogP contribution is -2.32. The molecule has 0 spiro atoms. The highest BCUT2D eigenvalue weighted by molar-refractivity contribution is 7.07. The number of para-hydroxylation sites is 2. The largest absolute Gasteiger partial charge is 0.321 e. The number of hydrogen-bond donors (Lipinski definition) is 1. The first-order valence-corrected chi connectivity index (χ1v) is 11.0. The molecule has 3 aromatic carbocycles. The van der Waals surface area contributed by atoms with Crippen LogP contribution in [0.25, 0.3) is 23.4 Å². The van der Waals surface area contributed by atoms with Gasteiger partial charge in [0.1, 0.15) is 10.7 Å². The molecule has 1 heterocycles. The van der Waals surface area contributed by atoms with Gasteiger partial charge in [0.25, 0.3) is 11.5 Å². The zero-order valence-electron chi connectivity index (χ0n) is 17.5. The average molecular weight is 450 g/mol. The molecular weight excluding hydrogens is 430 g/mol. The van der Waals surface area contributed by atoms with Crippen LogP contribution in [0.2, 0.25) is 0 Å². The predicted molar refractivity (Wildman–Crippen MR) is 133 cm³/mol. The van der Waals surface area contributed by atoms with Crippen molar-refractivity contribution in [1.29, 1.82) is 5.26 Å². The SMILES string of the molecule is N#C/C(C(=O)Nc1ccccc1)=c1/s/c(=C\C=C\c2ccccc2)c(=O)n1-c1ccccc1. The molecule has 5 nitrogen and oxygen atoms in total. The minimum atomic E-state index is -0.569. The quantitative estimate of drug-likeness (QED) is 0.505. The van der Waals surface area contributed by atoms with E-state index in [1.165, 1.54) is 4.57 Å². The molecule has 1 amide bonds. The molecule has 0 saturated carbocycles. The molecule has 4 rings (SSSR count). The van der Waals surface area contributed by atoms with Crippen LogP contribution in [-0.4, -0.2) is 10.5 Å². The number of nitrogens with one attached hydrogen (secondary N) is 1. The first-order valence-electron chi connectivity index (χ1n) is 10.2. The summed E-state index contributed by atoms with van der Waals surface area (Å²) >= 11 is 1.11. The van der Waals surface area contributed by atoms with E-state index in [1.807, 2.05) is 54.6 Å². The highest BCUT2D eigenvalue weighted by Crippen LogP contribution is 2.08. The second-order valence-electron chi connectivity index (χ2n) is 6.99. The molecule has 160 valence electrons. The van der Waals surface area contributed by atoms with Crippen molar-refractivity contribution < 1.29 is 4.79 Å². The van der Waals surface area contributed by atoms with E-state index in [0.29, 0.717) is 15.9 Å². The lowest BCUT2D eigenvalue weighted by Gasteiger charge is -2.05. The number of anilines is 1. The van der Waals surface area contributed by atoms with Gasteiger partial charge >= 0.3 is 0 Å². The Bertz CT molecular complexity index is 1510. The fourth-order valence-corrected chi connectivity index (χ4v) is 4.25. The predicted octanol–water partition coefficient (Wildman–Crippen LogP) is 3.71. The van der Waals surface area contributed by atoms with Crippen molar-refractivity contribution in [3.8, 4) is 11.8 Å². The highest BCUT2D eigenvalue weighted by atomic mass is 32.1. The van der Waals surface area contributed by atoms with Crippen LogP contribution in [0.5, 0.6) is 0 Å². The fraction of sp³-hybridized carbons (Fsp3) is 0. The van der Waals surface area contributed by atoms with Gasteiger partial charge in [0.15, 0.2) is 5.57 Å². The van der Waals surface area contributed by atoms with E-state index in [2.05, 4.69) is 5.32 Å². The van der Waals surface area contributed by atoms with Gasteiger partial charge in [0, 0.05) is 5.69 Å². The maximum Gasteiger partial charge on any atom is 0.273 e. The molecule has 33 heavy (non-hydrogen) atoms. The Kier molecular flexibility index (Phi) is 6.74. The van der Waals surface area contributed by atoms with Gasteiger partial charge in [-0.1, -0.05) is 78.9 Å². The molecule has 0 unspecified atom stereocenters. The van der Waals surface area contributed by atoms with E-state index >= 15 is 0 Å². The Morgan fingerprint density at radius 3 is 2.15 bits per heavy atom. The first-order chi connectivity index (χ1) is 16.2. The van der Waals surface area contributed by atoms with Crippen LogP contribution in [0.1, 0.15) is 5.56 Å². The molecule has 0 bridgehead atoms. The fourth-order valence-electron chi connectivity index (χ4n) is 3.20. The van der Waals surface area contributed by atoms with Crippen LogP contribution in [0.15, 0.2) is 102 Å². The number of thiazole rings is 1. The third-order valence-electron chi connectivity index (χ3n) is 4.76. The van der Waals surface area contributed by atoms with Gasteiger partial charge in [-0.3, -0.25) is 14.2 Å². The van der Waals surface area contributed by atoms with E-state index in [1.54, 1.807) is 60.7 Å². The number of nitrogens with zero attached hydrogens (tertiary/aromatic N) is 2. The smallest absolute Gasteiger partial charge is 0.273 e. The number of allylic oxidation sites excluding steroid dienone is 1. The summed E-state index contributed by atoms with van der Waals surface area (Å²) in [6.07, 6.45) is 5.38. The van der Waals surface area contributed by atoms with Gasteiger partial charge in [0.2, 0.25) is 0 Å². The number of rotatable bonds is 5. The molecule has 0 fully saturated rings. The minimum Gasteiger partial charge on any atom is -0.321 e. The Morgan fingerprint density at radius 1 is 0.909 bits per heavy atom. The van der Waals surface area contributed by atoms with E-state index in [4.69, 9.17) is 0 Å². The zero-order chi connectivity index (χ0) is 23.0. The van der Waals surface area contributed by atoms with Crippen LogP contribution < -0.4 is 20.1 Å². The van der Waals surface area contributed by atoms with Gasteiger partial charge in [-0.2, -0.15) is 5.26 Å². The topological polar surface area (TPSA) is 74.9 Å². The standard InChI is InChI=1S/C27H19N3O2S/c28-19-23(25(31)29-21-14-6-2-7-15-21)27-30(22-16-8-3-9-17-22)26(32)24(33-27)18-10-13-20-11-4-1-5-12-20/h1-18H,(H,29,31)/b13-10+,24-18-,27-23-. The number of aromatic nitrogens is 1. The van der Waals surface area contributed by atoms with Crippen molar-refractivity contribution >= 4 is 40.7 Å². The number of hydrogen-bond acceptors (Lipinski definition) is 4. The van der Waals surface area contributed by atoms with Crippen molar-refractivity contribution in [3.05, 3.63) is 122 Å². The minimum absolute atomic E-state index is 0.128.